The van der Waals surface area contributed by atoms with E-state index in [0.717, 1.165) is 109 Å². The molecule has 0 aliphatic rings. The van der Waals surface area contributed by atoms with Gasteiger partial charge in [-0.25, -0.2) is 9.13 Å². The van der Waals surface area contributed by atoms with Gasteiger partial charge >= 0.3 is 39.5 Å². The van der Waals surface area contributed by atoms with Gasteiger partial charge in [-0.15, -0.1) is 0 Å². The van der Waals surface area contributed by atoms with Crippen molar-refractivity contribution in [3.8, 4) is 0 Å². The summed E-state index contributed by atoms with van der Waals surface area (Å²) in [6.45, 7) is 13.9. The van der Waals surface area contributed by atoms with E-state index in [1.807, 2.05) is 0 Å². The first-order valence-corrected chi connectivity index (χ1v) is 39.2. The molecular weight excluding hydrogens is 1170 g/mol. The van der Waals surface area contributed by atoms with Crippen LogP contribution in [-0.4, -0.2) is 96.7 Å². The van der Waals surface area contributed by atoms with E-state index in [0.29, 0.717) is 43.4 Å². The highest BCUT2D eigenvalue weighted by molar-refractivity contribution is 7.47. The third-order valence-electron chi connectivity index (χ3n) is 16.1. The average molecular weight is 1310 g/mol. The Hall–Kier alpha value is -1.94. The van der Waals surface area contributed by atoms with Gasteiger partial charge in [-0.1, -0.05) is 293 Å². The Bertz CT molecular complexity index is 1760. The minimum Gasteiger partial charge on any atom is -0.462 e. The maximum absolute atomic E-state index is 13.0. The second-order valence-corrected chi connectivity index (χ2v) is 30.1. The number of phosphoric acid groups is 2. The van der Waals surface area contributed by atoms with Crippen LogP contribution in [0.25, 0.3) is 0 Å². The van der Waals surface area contributed by atoms with Crippen LogP contribution in [0.3, 0.4) is 0 Å². The van der Waals surface area contributed by atoms with Crippen LogP contribution in [0.4, 0.5) is 0 Å². The van der Waals surface area contributed by atoms with Gasteiger partial charge in [-0.05, 0) is 49.4 Å². The quantitative estimate of drug-likeness (QED) is 0.0222. The second kappa shape index (κ2) is 59.8. The zero-order valence-electron chi connectivity index (χ0n) is 58.1. The molecule has 0 fully saturated rings. The molecule has 0 spiro atoms. The van der Waals surface area contributed by atoms with Crippen LogP contribution in [-0.2, 0) is 65.4 Å². The van der Waals surface area contributed by atoms with Crippen LogP contribution in [0.2, 0.25) is 0 Å². The molecule has 0 aliphatic heterocycles. The smallest absolute Gasteiger partial charge is 0.462 e. The molecule has 0 radical (unpaired) electrons. The summed E-state index contributed by atoms with van der Waals surface area (Å²) in [6.07, 6.45) is 42.3. The molecule has 528 valence electrons. The number of ether oxygens (including phenoxy) is 4. The lowest BCUT2D eigenvalue weighted by atomic mass is 10.0. The van der Waals surface area contributed by atoms with E-state index in [9.17, 15) is 43.2 Å². The van der Waals surface area contributed by atoms with E-state index in [1.165, 1.54) is 135 Å². The minimum atomic E-state index is -4.95. The maximum Gasteiger partial charge on any atom is 0.472 e. The largest absolute Gasteiger partial charge is 0.472 e. The number of hydrogen-bond donors (Lipinski definition) is 3. The topological polar surface area (TPSA) is 237 Å². The zero-order chi connectivity index (χ0) is 66.1. The van der Waals surface area contributed by atoms with E-state index in [-0.39, 0.29) is 25.7 Å². The van der Waals surface area contributed by atoms with Crippen LogP contribution in [0, 0.1) is 23.7 Å². The Morgan fingerprint density at radius 1 is 0.281 bits per heavy atom. The van der Waals surface area contributed by atoms with Crippen LogP contribution in [0.1, 0.15) is 344 Å². The molecule has 0 saturated heterocycles. The standard InChI is InChI=1S/C70H136O17P2/c1-60(2)46-38-30-22-19-17-15-13-11-9-10-12-14-16-18-20-24-36-44-52-69(74)86-65(56-80-67(72)50-42-34-25-21-23-31-39-47-61(3)4)58-84-88(76,77)82-54-64(71)55-83-89(78,79)85-59-66(87-70(75)53-45-37-29-27-33-41-49-63(7)8)57-81-68(73)51-43-35-28-26-32-40-48-62(5)6/h60-66,71H,9-59H2,1-8H3,(H,76,77)(H,78,79)/t64?,65-,66-/m1/s1. The predicted octanol–water partition coefficient (Wildman–Crippen LogP) is 19.7. The Morgan fingerprint density at radius 3 is 0.697 bits per heavy atom. The monoisotopic (exact) mass is 1310 g/mol. The number of unbranched alkanes of at least 4 members (excludes halogenated alkanes) is 33. The zero-order valence-corrected chi connectivity index (χ0v) is 59.8. The van der Waals surface area contributed by atoms with Gasteiger partial charge < -0.3 is 33.8 Å². The fraction of sp³-hybridized carbons (Fsp3) is 0.943. The van der Waals surface area contributed by atoms with Crippen LogP contribution in [0.15, 0.2) is 0 Å². The first-order valence-electron chi connectivity index (χ1n) is 36.2. The molecule has 0 heterocycles. The molecule has 5 atom stereocenters. The second-order valence-electron chi connectivity index (χ2n) is 27.2. The lowest BCUT2D eigenvalue weighted by Crippen LogP contribution is -2.30. The van der Waals surface area contributed by atoms with Gasteiger partial charge in [0.1, 0.15) is 19.3 Å². The minimum absolute atomic E-state index is 0.101. The number of aliphatic hydroxyl groups excluding tert-OH is 1. The Balaban J connectivity index is 5.14. The van der Waals surface area contributed by atoms with Crippen molar-refractivity contribution in [2.75, 3.05) is 39.6 Å². The third kappa shape index (κ3) is 64.6. The highest BCUT2D eigenvalue weighted by Gasteiger charge is 2.30. The molecule has 3 N–H and O–H groups in total. The van der Waals surface area contributed by atoms with Gasteiger partial charge in [-0.3, -0.25) is 37.3 Å². The Labute approximate surface area is 543 Å². The van der Waals surface area contributed by atoms with Crippen molar-refractivity contribution in [3.63, 3.8) is 0 Å². The molecule has 0 rings (SSSR count). The summed E-state index contributed by atoms with van der Waals surface area (Å²) in [7, 11) is -9.90. The molecule has 19 heteroatoms. The summed E-state index contributed by atoms with van der Waals surface area (Å²) >= 11 is 0. The molecule has 89 heavy (non-hydrogen) atoms. The van der Waals surface area contributed by atoms with E-state index in [1.54, 1.807) is 0 Å². The van der Waals surface area contributed by atoms with Gasteiger partial charge in [0.15, 0.2) is 12.2 Å². The van der Waals surface area contributed by atoms with Crippen molar-refractivity contribution < 1.29 is 80.2 Å². The molecule has 0 saturated carbocycles. The molecule has 0 aromatic carbocycles. The Morgan fingerprint density at radius 2 is 0.472 bits per heavy atom. The molecule has 17 nitrogen and oxygen atoms in total. The summed E-state index contributed by atoms with van der Waals surface area (Å²) in [6, 6.07) is 0. The van der Waals surface area contributed by atoms with Crippen molar-refractivity contribution >= 4 is 39.5 Å². The maximum atomic E-state index is 13.0. The highest BCUT2D eigenvalue weighted by atomic mass is 31.2. The summed E-state index contributed by atoms with van der Waals surface area (Å²) in [4.78, 5) is 72.3. The van der Waals surface area contributed by atoms with Crippen LogP contribution >= 0.6 is 15.6 Å². The number of aliphatic hydroxyl groups is 1. The molecule has 0 aromatic heterocycles. The molecule has 0 aliphatic carbocycles. The van der Waals surface area contributed by atoms with E-state index < -0.39 is 97.5 Å². The van der Waals surface area contributed by atoms with Crippen molar-refractivity contribution in [2.24, 2.45) is 23.7 Å². The van der Waals surface area contributed by atoms with Gasteiger partial charge in [0.05, 0.1) is 26.4 Å². The van der Waals surface area contributed by atoms with E-state index in [4.69, 9.17) is 37.0 Å². The fourth-order valence-corrected chi connectivity index (χ4v) is 12.1. The number of esters is 4. The van der Waals surface area contributed by atoms with Crippen molar-refractivity contribution in [2.45, 2.75) is 363 Å². The first-order chi connectivity index (χ1) is 42.6. The highest BCUT2D eigenvalue weighted by Crippen LogP contribution is 2.45. The number of carbonyl (C=O) groups is 4. The molecule has 0 bridgehead atoms. The van der Waals surface area contributed by atoms with Crippen LogP contribution < -0.4 is 0 Å². The summed E-state index contributed by atoms with van der Waals surface area (Å²) in [5, 5.41) is 10.6. The normalized spacial score (nSPS) is 14.3. The third-order valence-corrected chi connectivity index (χ3v) is 18.0. The number of phosphoric ester groups is 2. The average Bonchev–Trinajstić information content (AvgIpc) is 3.64. The summed E-state index contributed by atoms with van der Waals surface area (Å²) in [5.41, 5.74) is 0. The molecule has 3 unspecified atom stereocenters. The van der Waals surface area contributed by atoms with Gasteiger partial charge in [0, 0.05) is 25.7 Å². The SMILES string of the molecule is CC(C)CCCCCCCCCCCCCCCCCCCCC(=O)O[C@H](COC(=O)CCCCCCCCCC(C)C)COP(=O)(O)OCC(O)COP(=O)(O)OC[C@@H](COC(=O)CCCCCCCCC(C)C)OC(=O)CCCCCCCCC(C)C. The summed E-state index contributed by atoms with van der Waals surface area (Å²) < 4.78 is 68.1. The molecular formula is C70H136O17P2. The number of hydrogen-bond acceptors (Lipinski definition) is 15. The van der Waals surface area contributed by atoms with Gasteiger partial charge in [-0.2, -0.15) is 0 Å². The van der Waals surface area contributed by atoms with Gasteiger partial charge in [0.25, 0.3) is 0 Å². The lowest BCUT2D eigenvalue weighted by Gasteiger charge is -2.21. The number of rotatable bonds is 67. The fourth-order valence-electron chi connectivity index (χ4n) is 10.5. The van der Waals surface area contributed by atoms with Crippen LogP contribution in [0.5, 0.6) is 0 Å². The van der Waals surface area contributed by atoms with E-state index in [2.05, 4.69) is 55.4 Å². The van der Waals surface area contributed by atoms with Crippen molar-refractivity contribution in [3.05, 3.63) is 0 Å². The molecule has 0 aromatic rings. The van der Waals surface area contributed by atoms with Crippen molar-refractivity contribution in [1.82, 2.24) is 0 Å². The predicted molar refractivity (Wildman–Crippen MR) is 358 cm³/mol. The molecule has 0 amide bonds. The van der Waals surface area contributed by atoms with Crippen molar-refractivity contribution in [1.29, 1.82) is 0 Å². The first kappa shape index (κ1) is 87.1. The Kier molecular flexibility index (Phi) is 58.5. The lowest BCUT2D eigenvalue weighted by molar-refractivity contribution is -0.161. The number of carbonyl (C=O) groups excluding carboxylic acids is 4. The van der Waals surface area contributed by atoms with Gasteiger partial charge in [0.2, 0.25) is 0 Å². The summed E-state index contributed by atoms with van der Waals surface area (Å²) in [5.74, 6) is 0.736. The van der Waals surface area contributed by atoms with E-state index >= 15 is 0 Å².